The van der Waals surface area contributed by atoms with Gasteiger partial charge in [0, 0.05) is 64.9 Å². The van der Waals surface area contributed by atoms with Gasteiger partial charge in [-0.3, -0.25) is 0 Å². The Balaban J connectivity index is -0.000000108. The van der Waals surface area contributed by atoms with Gasteiger partial charge in [-0.25, -0.2) is 0 Å². The molecule has 0 bridgehead atoms. The number of aliphatic hydroxyl groups is 3. The molecule has 0 aromatic heterocycles. The minimum absolute atomic E-state index is 0. The molecule has 0 aliphatic heterocycles. The quantitative estimate of drug-likeness (QED) is 0.629. The van der Waals surface area contributed by atoms with E-state index in [4.69, 9.17) is 15.3 Å². The zero-order valence-corrected chi connectivity index (χ0v) is 17.4. The third-order valence-corrected chi connectivity index (χ3v) is 2.44. The summed E-state index contributed by atoms with van der Waals surface area (Å²) in [5.41, 5.74) is 0. The van der Waals surface area contributed by atoms with E-state index < -0.39 is 18.9 Å². The molecule has 22 heavy (non-hydrogen) atoms. The average molecular weight is 357 g/mol. The Bertz CT molecular complexity index is 169. The molecule has 0 saturated carbocycles. The van der Waals surface area contributed by atoms with Crippen LogP contribution in [0.2, 0.25) is 0 Å². The summed E-state index contributed by atoms with van der Waals surface area (Å²) in [4.78, 5) is 0. The molecular formula is C15H36O6Sc. The minimum atomic E-state index is -0.597. The molecule has 0 heterocycles. The van der Waals surface area contributed by atoms with E-state index in [0.29, 0.717) is 0 Å². The van der Waals surface area contributed by atoms with E-state index in [1.807, 2.05) is 41.5 Å². The van der Waals surface area contributed by atoms with Crippen LogP contribution >= 0.6 is 0 Å². The number of hydrogen-bond acceptors (Lipinski definition) is 6. The molecule has 135 valence electrons. The molecule has 0 amide bonds. The third kappa shape index (κ3) is 22.9. The number of hydrogen-bond donors (Lipinski definition) is 3. The first kappa shape index (κ1) is 30.5. The molecule has 0 saturated heterocycles. The van der Waals surface area contributed by atoms with Crippen molar-refractivity contribution in [1.82, 2.24) is 0 Å². The van der Waals surface area contributed by atoms with Gasteiger partial charge in [0.2, 0.25) is 0 Å². The van der Waals surface area contributed by atoms with Gasteiger partial charge in [0.1, 0.15) is 0 Å². The Kier molecular flexibility index (Phi) is 27.3. The standard InChI is InChI=1S/3C5H12O2.Sc/c3*1-4(2)5(6)7-3;/h3*4-6H,1-3H3;. The Labute approximate surface area is 154 Å². The molecule has 3 unspecified atom stereocenters. The van der Waals surface area contributed by atoms with Crippen molar-refractivity contribution in [2.24, 2.45) is 17.8 Å². The van der Waals surface area contributed by atoms with Crippen LogP contribution < -0.4 is 0 Å². The van der Waals surface area contributed by atoms with Crippen molar-refractivity contribution in [2.75, 3.05) is 21.3 Å². The predicted octanol–water partition coefficient (Wildman–Crippen LogP) is 1.82. The van der Waals surface area contributed by atoms with Crippen molar-refractivity contribution in [3.05, 3.63) is 0 Å². The Hall–Kier alpha value is 0.630. The Morgan fingerprint density at radius 2 is 0.636 bits per heavy atom. The van der Waals surface area contributed by atoms with Crippen molar-refractivity contribution in [3.63, 3.8) is 0 Å². The number of ether oxygens (including phenoxy) is 3. The van der Waals surface area contributed by atoms with Gasteiger partial charge in [-0.2, -0.15) is 0 Å². The van der Waals surface area contributed by atoms with Crippen molar-refractivity contribution in [1.29, 1.82) is 0 Å². The van der Waals surface area contributed by atoms with Gasteiger partial charge in [-0.1, -0.05) is 41.5 Å². The van der Waals surface area contributed by atoms with Gasteiger partial charge < -0.3 is 29.5 Å². The first-order valence-electron chi connectivity index (χ1n) is 7.17. The zero-order chi connectivity index (χ0) is 17.6. The maximum absolute atomic E-state index is 8.71. The second kappa shape index (κ2) is 19.7. The molecule has 3 atom stereocenters. The van der Waals surface area contributed by atoms with Crippen LogP contribution in [0, 0.1) is 17.8 Å². The Morgan fingerprint density at radius 1 is 0.500 bits per heavy atom. The SMILES string of the molecule is COC(O)C(C)C.COC(O)C(C)C.COC(O)C(C)C.[Sc]. The summed E-state index contributed by atoms with van der Waals surface area (Å²) in [5, 5.41) is 26.1. The van der Waals surface area contributed by atoms with Crippen molar-refractivity contribution in [2.45, 2.75) is 60.4 Å². The van der Waals surface area contributed by atoms with Crippen LogP contribution in [0.3, 0.4) is 0 Å². The smallest absolute Gasteiger partial charge is 0.156 e. The fraction of sp³-hybridized carbons (Fsp3) is 1.00. The van der Waals surface area contributed by atoms with Crippen molar-refractivity contribution >= 4 is 0 Å². The molecule has 0 aromatic carbocycles. The molecule has 0 aromatic rings. The molecule has 6 nitrogen and oxygen atoms in total. The van der Waals surface area contributed by atoms with Gasteiger partial charge in [-0.15, -0.1) is 0 Å². The summed E-state index contributed by atoms with van der Waals surface area (Å²) in [7, 11) is 4.47. The van der Waals surface area contributed by atoms with E-state index >= 15 is 0 Å². The van der Waals surface area contributed by atoms with Gasteiger partial charge in [-0.05, 0) is 0 Å². The van der Waals surface area contributed by atoms with Crippen LogP contribution in [0.1, 0.15) is 41.5 Å². The second-order valence-electron chi connectivity index (χ2n) is 5.61. The first-order chi connectivity index (χ1) is 9.54. The minimum Gasteiger partial charge on any atom is -0.368 e. The van der Waals surface area contributed by atoms with E-state index in [-0.39, 0.29) is 43.6 Å². The van der Waals surface area contributed by atoms with Crippen LogP contribution in [0.15, 0.2) is 0 Å². The molecule has 0 rings (SSSR count). The molecule has 0 spiro atoms. The maximum Gasteiger partial charge on any atom is 0.156 e. The zero-order valence-electron chi connectivity index (χ0n) is 15.6. The molecule has 1 radical (unpaired) electrons. The van der Waals surface area contributed by atoms with Gasteiger partial charge in [0.05, 0.1) is 0 Å². The normalized spacial score (nSPS) is 14.3. The number of aliphatic hydroxyl groups excluding tert-OH is 3. The Morgan fingerprint density at radius 3 is 0.636 bits per heavy atom. The summed E-state index contributed by atoms with van der Waals surface area (Å²) < 4.78 is 13.7. The van der Waals surface area contributed by atoms with E-state index in [0.717, 1.165) is 0 Å². The summed E-state index contributed by atoms with van der Waals surface area (Å²) in [6.45, 7) is 11.4. The molecule has 3 N–H and O–H groups in total. The second-order valence-corrected chi connectivity index (χ2v) is 5.61. The fourth-order valence-electron chi connectivity index (χ4n) is 0.816. The molecular weight excluding hydrogens is 321 g/mol. The fourth-order valence-corrected chi connectivity index (χ4v) is 0.816. The molecule has 7 heteroatoms. The van der Waals surface area contributed by atoms with Crippen LogP contribution in [0.4, 0.5) is 0 Å². The van der Waals surface area contributed by atoms with Crippen molar-refractivity contribution in [3.8, 4) is 0 Å². The van der Waals surface area contributed by atoms with Crippen LogP contribution in [0.5, 0.6) is 0 Å². The monoisotopic (exact) mass is 357 g/mol. The van der Waals surface area contributed by atoms with Crippen molar-refractivity contribution < 1.29 is 55.4 Å². The van der Waals surface area contributed by atoms with E-state index in [2.05, 4.69) is 14.2 Å². The van der Waals surface area contributed by atoms with Gasteiger partial charge in [0.15, 0.2) is 18.9 Å². The van der Waals surface area contributed by atoms with Gasteiger partial charge in [0.25, 0.3) is 0 Å². The molecule has 0 fully saturated rings. The van der Waals surface area contributed by atoms with Crippen LogP contribution in [0.25, 0.3) is 0 Å². The number of rotatable bonds is 6. The summed E-state index contributed by atoms with van der Waals surface area (Å²) in [6, 6.07) is 0. The number of methoxy groups -OCH3 is 3. The topological polar surface area (TPSA) is 88.4 Å². The average Bonchev–Trinajstić information content (AvgIpc) is 2.45. The first-order valence-corrected chi connectivity index (χ1v) is 7.17. The summed E-state index contributed by atoms with van der Waals surface area (Å²) in [6.07, 6.45) is -1.79. The predicted molar refractivity (Wildman–Crippen MR) is 83.6 cm³/mol. The van der Waals surface area contributed by atoms with E-state index in [9.17, 15) is 0 Å². The molecule has 0 aliphatic carbocycles. The maximum atomic E-state index is 8.71. The van der Waals surface area contributed by atoms with Crippen LogP contribution in [-0.4, -0.2) is 55.5 Å². The summed E-state index contributed by atoms with van der Waals surface area (Å²) >= 11 is 0. The van der Waals surface area contributed by atoms with Gasteiger partial charge >= 0.3 is 0 Å². The van der Waals surface area contributed by atoms with Crippen LogP contribution in [-0.2, 0) is 40.1 Å². The summed E-state index contributed by atoms with van der Waals surface area (Å²) in [5.74, 6) is 0.597. The largest absolute Gasteiger partial charge is 0.368 e. The third-order valence-electron chi connectivity index (χ3n) is 2.44. The van der Waals surface area contributed by atoms with E-state index in [1.54, 1.807) is 0 Å². The van der Waals surface area contributed by atoms with E-state index in [1.165, 1.54) is 21.3 Å². The molecule has 0 aliphatic rings.